The van der Waals surface area contributed by atoms with Crippen molar-refractivity contribution in [3.05, 3.63) is 64.0 Å². The Balaban J connectivity index is 1.38. The van der Waals surface area contributed by atoms with Gasteiger partial charge in [-0.2, -0.15) is 4.57 Å². The number of thioether (sulfide) groups is 3. The Morgan fingerprint density at radius 1 is 1.11 bits per heavy atom. The summed E-state index contributed by atoms with van der Waals surface area (Å²) in [6.07, 6.45) is -3.14. The number of halogens is 2. The number of hydrogen-bond acceptors (Lipinski definition) is 12. The van der Waals surface area contributed by atoms with Crippen LogP contribution in [0, 0.1) is 0 Å². The number of carbonyl (C=O) groups is 4. The molecule has 6 atom stereocenters. The number of carbonyl (C=O) groups excluding carboxylic acids is 3. The fourth-order valence-corrected chi connectivity index (χ4v) is 8.25. The summed E-state index contributed by atoms with van der Waals surface area (Å²) in [5.74, 6) is -3.58. The Morgan fingerprint density at radius 2 is 1.80 bits per heavy atom. The minimum atomic E-state index is -2.00. The predicted molar refractivity (Wildman–Crippen MR) is 163 cm³/mol. The van der Waals surface area contributed by atoms with Crippen LogP contribution in [0.2, 0.25) is 10.0 Å². The first-order valence-corrected chi connectivity index (χ1v) is 16.9. The van der Waals surface area contributed by atoms with Crippen LogP contribution in [0.4, 0.5) is 0 Å². The first-order chi connectivity index (χ1) is 21.3. The quantitative estimate of drug-likeness (QED) is 0.0809. The fourth-order valence-electron chi connectivity index (χ4n) is 4.58. The lowest BCUT2D eigenvalue weighted by Crippen LogP contribution is -2.70. The van der Waals surface area contributed by atoms with Gasteiger partial charge < -0.3 is 40.8 Å². The third-order valence-electron chi connectivity index (χ3n) is 6.87. The van der Waals surface area contributed by atoms with Gasteiger partial charge in [-0.3, -0.25) is 14.5 Å². The van der Waals surface area contributed by atoms with Crippen LogP contribution in [0.3, 0.4) is 0 Å². The van der Waals surface area contributed by atoms with Gasteiger partial charge in [-0.15, -0.1) is 35.3 Å². The predicted octanol–water partition coefficient (Wildman–Crippen LogP) is -0.730. The van der Waals surface area contributed by atoms with Crippen molar-refractivity contribution >= 4 is 82.2 Å². The highest BCUT2D eigenvalue weighted by Crippen LogP contribution is 2.41. The largest absolute Gasteiger partial charge is 0.543 e. The molecule has 13 nitrogen and oxygen atoms in total. The molecule has 2 aliphatic heterocycles. The summed E-state index contributed by atoms with van der Waals surface area (Å²) in [6.45, 7) is -0.899. The van der Waals surface area contributed by atoms with E-state index in [-0.39, 0.29) is 23.0 Å². The molecular weight excluding hydrogens is 693 g/mol. The number of carboxylic acid groups (broad SMARTS) is 2. The summed E-state index contributed by atoms with van der Waals surface area (Å²) in [5.41, 5.74) is 0.309. The molecule has 0 radical (unpaired) electrons. The Labute approximate surface area is 279 Å². The maximum atomic E-state index is 13.0. The zero-order valence-electron chi connectivity index (χ0n) is 23.0. The summed E-state index contributed by atoms with van der Waals surface area (Å²) in [4.78, 5) is 51.8. The van der Waals surface area contributed by atoms with Crippen molar-refractivity contribution in [2.45, 2.75) is 45.6 Å². The van der Waals surface area contributed by atoms with Crippen molar-refractivity contribution in [2.75, 3.05) is 23.9 Å². The van der Waals surface area contributed by atoms with E-state index in [0.29, 0.717) is 25.4 Å². The number of β-lactam (4-membered cyclic amide) rings is 1. The number of aliphatic hydroxyl groups is 4. The lowest BCUT2D eigenvalue weighted by molar-refractivity contribution is -0.724. The van der Waals surface area contributed by atoms with Crippen LogP contribution in [-0.4, -0.2) is 108 Å². The zero-order valence-corrected chi connectivity index (χ0v) is 26.9. The second-order valence-electron chi connectivity index (χ2n) is 9.84. The molecule has 45 heavy (non-hydrogen) atoms. The number of hydrogen-bond donors (Lipinski definition) is 6. The summed E-state index contributed by atoms with van der Waals surface area (Å²) in [5, 5.41) is 63.4. The van der Waals surface area contributed by atoms with Gasteiger partial charge in [0.1, 0.15) is 41.4 Å². The number of aliphatic carboxylic acids is 2. The van der Waals surface area contributed by atoms with E-state index in [4.69, 9.17) is 28.3 Å². The number of aliphatic hydroxyl groups excluding tert-OH is 4. The van der Waals surface area contributed by atoms with Gasteiger partial charge in [-0.25, -0.2) is 4.79 Å². The standard InChI is InChI=1S/C27H27Cl2N3O10S3/c28-13-1-2-15(29)17(7-13)44-11-18(35)30-19-24(38)32-20(26(39)40)12(10-45-25(19)32)9-43-14-3-5-31(6-4-14)21(27(41)42)23(37)22(36)16(34)8-33/h1-7,16,19,21-23,25,33-34,36-37H,8-11H2,(H2-,30,35,39,40,41,42)/t16-,19-,21+,22-,23-,25-/m1/s1. The number of rotatable bonds is 14. The van der Waals surface area contributed by atoms with Crippen LogP contribution in [0.15, 0.2) is 63.8 Å². The molecule has 0 unspecified atom stereocenters. The SMILES string of the molecule is O=C(CSc1cc(Cl)ccc1Cl)N[C@@H]1C(=O)N2C(C(=O)O)=C(CSc3cc[n+]([C@H](C(=O)[O-])[C@@H](O)[C@H](O)[C@H](O)CO)cc3)CS[C@H]12. The number of fused-ring (bicyclic) bond motifs is 1. The first kappa shape index (κ1) is 35.3. The molecule has 2 aromatic rings. The molecule has 4 rings (SSSR count). The molecule has 1 aromatic carbocycles. The van der Waals surface area contributed by atoms with Crippen molar-refractivity contribution in [1.82, 2.24) is 10.2 Å². The van der Waals surface area contributed by atoms with Crippen LogP contribution in [0.25, 0.3) is 0 Å². The van der Waals surface area contributed by atoms with Gasteiger partial charge in [0.25, 0.3) is 5.91 Å². The molecule has 0 spiro atoms. The molecule has 0 saturated carbocycles. The zero-order chi connectivity index (χ0) is 33.0. The summed E-state index contributed by atoms with van der Waals surface area (Å²) >= 11 is 15.8. The minimum absolute atomic E-state index is 0.0320. The molecule has 1 aromatic heterocycles. The third kappa shape index (κ3) is 8.07. The Morgan fingerprint density at radius 3 is 2.42 bits per heavy atom. The number of amides is 2. The van der Waals surface area contributed by atoms with Crippen LogP contribution >= 0.6 is 58.5 Å². The summed E-state index contributed by atoms with van der Waals surface area (Å²) in [7, 11) is 0. The molecular formula is C27H27Cl2N3O10S3. The van der Waals surface area contributed by atoms with Gasteiger partial charge >= 0.3 is 5.97 Å². The molecule has 2 aliphatic rings. The average molecular weight is 721 g/mol. The van der Waals surface area contributed by atoms with Crippen LogP contribution in [-0.2, 0) is 19.2 Å². The highest BCUT2D eigenvalue weighted by molar-refractivity contribution is 8.01. The number of pyridine rings is 1. The van der Waals surface area contributed by atoms with Crippen LogP contribution in [0.1, 0.15) is 6.04 Å². The average Bonchev–Trinajstić information content (AvgIpc) is 3.02. The van der Waals surface area contributed by atoms with E-state index in [9.17, 15) is 44.7 Å². The van der Waals surface area contributed by atoms with Crippen LogP contribution in [0.5, 0.6) is 0 Å². The van der Waals surface area contributed by atoms with Gasteiger partial charge in [-0.05, 0) is 23.8 Å². The van der Waals surface area contributed by atoms with Crippen molar-refractivity contribution < 1.29 is 54.4 Å². The van der Waals surface area contributed by atoms with E-state index in [1.807, 2.05) is 0 Å². The molecule has 6 N–H and O–H groups in total. The van der Waals surface area contributed by atoms with E-state index in [2.05, 4.69) is 5.32 Å². The first-order valence-electron chi connectivity index (χ1n) is 13.1. The Kier molecular flexibility index (Phi) is 12.1. The van der Waals surface area contributed by atoms with E-state index < -0.39 is 66.1 Å². The van der Waals surface area contributed by atoms with Gasteiger partial charge in [-0.1, -0.05) is 23.2 Å². The summed E-state index contributed by atoms with van der Waals surface area (Å²) in [6, 6.07) is 5.17. The number of carboxylic acids is 2. The molecule has 18 heteroatoms. The minimum Gasteiger partial charge on any atom is -0.543 e. The van der Waals surface area contributed by atoms with E-state index in [1.54, 1.807) is 18.2 Å². The normalized spacial score (nSPS) is 20.5. The fraction of sp³-hybridized carbons (Fsp3) is 0.370. The Bertz CT molecular complexity index is 1500. The van der Waals surface area contributed by atoms with Crippen LogP contribution < -0.4 is 15.0 Å². The molecule has 3 heterocycles. The second kappa shape index (κ2) is 15.4. The van der Waals surface area contributed by atoms with Crippen molar-refractivity contribution in [2.24, 2.45) is 0 Å². The molecule has 0 bridgehead atoms. The molecule has 1 fully saturated rings. The maximum Gasteiger partial charge on any atom is 0.352 e. The molecule has 1 saturated heterocycles. The van der Waals surface area contributed by atoms with E-state index >= 15 is 0 Å². The van der Waals surface area contributed by atoms with Gasteiger partial charge in [0.15, 0.2) is 12.4 Å². The Hall–Kier alpha value is -2.54. The molecule has 0 aliphatic carbocycles. The number of aromatic nitrogens is 1. The van der Waals surface area contributed by atoms with Gasteiger partial charge in [0.05, 0.1) is 17.4 Å². The third-order valence-corrected chi connectivity index (χ3v) is 11.0. The van der Waals surface area contributed by atoms with Crippen molar-refractivity contribution in [3.8, 4) is 0 Å². The number of nitrogens with one attached hydrogen (secondary N) is 1. The van der Waals surface area contributed by atoms with E-state index in [1.165, 1.54) is 48.1 Å². The van der Waals surface area contributed by atoms with Gasteiger partial charge in [0.2, 0.25) is 11.9 Å². The van der Waals surface area contributed by atoms with Gasteiger partial charge in [0, 0.05) is 38.5 Å². The molecule has 242 valence electrons. The monoisotopic (exact) mass is 719 g/mol. The smallest absolute Gasteiger partial charge is 0.352 e. The number of nitrogens with zero attached hydrogens (tertiary/aromatic N) is 2. The highest BCUT2D eigenvalue weighted by Gasteiger charge is 2.54. The maximum absolute atomic E-state index is 13.0. The topological polar surface area (TPSA) is 212 Å². The highest BCUT2D eigenvalue weighted by atomic mass is 35.5. The number of benzene rings is 1. The lowest BCUT2D eigenvalue weighted by atomic mass is 10.0. The second-order valence-corrected chi connectivity index (χ2v) is 13.9. The van der Waals surface area contributed by atoms with Crippen molar-refractivity contribution in [1.29, 1.82) is 0 Å². The van der Waals surface area contributed by atoms with Crippen molar-refractivity contribution in [3.63, 3.8) is 0 Å². The van der Waals surface area contributed by atoms with E-state index in [0.717, 1.165) is 21.2 Å². The summed E-state index contributed by atoms with van der Waals surface area (Å²) < 4.78 is 1.05. The molecule has 2 amide bonds. The lowest BCUT2D eigenvalue weighted by Gasteiger charge is -2.49.